The van der Waals surface area contributed by atoms with E-state index in [0.717, 1.165) is 12.8 Å². The lowest BCUT2D eigenvalue weighted by molar-refractivity contribution is -0.133. The van der Waals surface area contributed by atoms with Crippen molar-refractivity contribution in [1.82, 2.24) is 10.2 Å². The zero-order valence-electron chi connectivity index (χ0n) is 8.71. The second kappa shape index (κ2) is 6.95. The Bertz CT molecular complexity index is 201. The van der Waals surface area contributed by atoms with Gasteiger partial charge in [0.25, 0.3) is 6.43 Å². The van der Waals surface area contributed by atoms with Crippen LogP contribution in [-0.4, -0.2) is 43.4 Å². The highest BCUT2D eigenvalue weighted by atomic mass is 35.5. The van der Waals surface area contributed by atoms with Crippen LogP contribution in [-0.2, 0) is 4.79 Å². The minimum absolute atomic E-state index is 0. The van der Waals surface area contributed by atoms with Gasteiger partial charge < -0.3 is 10.2 Å². The summed E-state index contributed by atoms with van der Waals surface area (Å²) in [6.07, 6.45) is -0.371. The normalized spacial score (nSPS) is 14.9. The van der Waals surface area contributed by atoms with Crippen molar-refractivity contribution in [3.05, 3.63) is 0 Å². The summed E-state index contributed by atoms with van der Waals surface area (Å²) in [5, 5.41) is 2.83. The van der Waals surface area contributed by atoms with Crippen molar-refractivity contribution in [2.45, 2.75) is 31.7 Å². The highest BCUT2D eigenvalue weighted by Crippen LogP contribution is 2.27. The van der Waals surface area contributed by atoms with Crippen molar-refractivity contribution in [1.29, 1.82) is 0 Å². The molecule has 1 amide bonds. The van der Waals surface area contributed by atoms with E-state index in [1.807, 2.05) is 0 Å². The maximum Gasteiger partial charge on any atom is 0.255 e. The fraction of sp³-hybridized carbons (Fsp3) is 0.889. The van der Waals surface area contributed by atoms with E-state index in [1.54, 1.807) is 7.05 Å². The van der Waals surface area contributed by atoms with Crippen LogP contribution in [0.5, 0.6) is 0 Å². The van der Waals surface area contributed by atoms with Gasteiger partial charge in [-0.05, 0) is 19.9 Å². The first-order valence-electron chi connectivity index (χ1n) is 4.87. The van der Waals surface area contributed by atoms with Gasteiger partial charge in [-0.1, -0.05) is 0 Å². The maximum atomic E-state index is 12.1. The summed E-state index contributed by atoms with van der Waals surface area (Å²) in [4.78, 5) is 12.8. The zero-order valence-corrected chi connectivity index (χ0v) is 9.53. The van der Waals surface area contributed by atoms with E-state index in [2.05, 4.69) is 5.32 Å². The summed E-state index contributed by atoms with van der Waals surface area (Å²) < 4.78 is 24.3. The van der Waals surface area contributed by atoms with Crippen molar-refractivity contribution in [3.8, 4) is 0 Å². The van der Waals surface area contributed by atoms with Gasteiger partial charge in [0.1, 0.15) is 0 Å². The molecule has 1 saturated carbocycles. The molecule has 0 heterocycles. The number of nitrogens with zero attached hydrogens (tertiary/aromatic N) is 1. The Hall–Kier alpha value is -0.420. The highest BCUT2D eigenvalue weighted by Gasteiger charge is 2.33. The molecule has 1 N–H and O–H groups in total. The number of hydrogen-bond donors (Lipinski definition) is 1. The van der Waals surface area contributed by atoms with Gasteiger partial charge in [-0.3, -0.25) is 4.79 Å². The molecule has 0 bridgehead atoms. The summed E-state index contributed by atoms with van der Waals surface area (Å²) >= 11 is 0. The van der Waals surface area contributed by atoms with Gasteiger partial charge in [0.05, 0.1) is 6.54 Å². The number of carbonyl (C=O) groups excluding carboxylic acids is 1. The standard InChI is InChI=1S/C9H16F2N2O.ClH/c1-12-5-4-9(14)13(6-8(10)11)7-2-3-7;/h7-8,12H,2-6H2,1H3;1H. The molecule has 0 spiro atoms. The van der Waals surface area contributed by atoms with E-state index in [-0.39, 0.29) is 24.4 Å². The minimum atomic E-state index is -2.42. The van der Waals surface area contributed by atoms with E-state index in [4.69, 9.17) is 0 Å². The number of amides is 1. The molecule has 1 aliphatic carbocycles. The van der Waals surface area contributed by atoms with Crippen molar-refractivity contribution in [2.75, 3.05) is 20.1 Å². The molecular formula is C9H17ClF2N2O. The second-order valence-corrected chi connectivity index (χ2v) is 3.52. The maximum absolute atomic E-state index is 12.1. The lowest BCUT2D eigenvalue weighted by Gasteiger charge is -2.21. The molecule has 3 nitrogen and oxygen atoms in total. The molecule has 0 saturated heterocycles. The third-order valence-corrected chi connectivity index (χ3v) is 2.23. The third kappa shape index (κ3) is 5.28. The van der Waals surface area contributed by atoms with Crippen LogP contribution in [0.15, 0.2) is 0 Å². The molecular weight excluding hydrogens is 226 g/mol. The van der Waals surface area contributed by atoms with Crippen molar-refractivity contribution >= 4 is 18.3 Å². The Kier molecular flexibility index (Phi) is 6.76. The first-order valence-corrected chi connectivity index (χ1v) is 4.87. The van der Waals surface area contributed by atoms with Gasteiger partial charge >= 0.3 is 0 Å². The van der Waals surface area contributed by atoms with Crippen LogP contribution in [0.4, 0.5) is 8.78 Å². The molecule has 90 valence electrons. The van der Waals surface area contributed by atoms with Crippen molar-refractivity contribution < 1.29 is 13.6 Å². The van der Waals surface area contributed by atoms with Gasteiger partial charge in [-0.15, -0.1) is 12.4 Å². The van der Waals surface area contributed by atoms with Crippen LogP contribution in [0.3, 0.4) is 0 Å². The smallest absolute Gasteiger partial charge is 0.255 e. The summed E-state index contributed by atoms with van der Waals surface area (Å²) in [6.45, 7) is 0.137. The number of carbonyl (C=O) groups is 1. The summed E-state index contributed by atoms with van der Waals surface area (Å²) in [6, 6.07) is 0.0772. The van der Waals surface area contributed by atoms with E-state index >= 15 is 0 Å². The Labute approximate surface area is 94.6 Å². The molecule has 0 aliphatic heterocycles. The van der Waals surface area contributed by atoms with Crippen molar-refractivity contribution in [2.24, 2.45) is 0 Å². The molecule has 1 rings (SSSR count). The quantitative estimate of drug-likeness (QED) is 0.761. The van der Waals surface area contributed by atoms with Crippen LogP contribution in [0.25, 0.3) is 0 Å². The monoisotopic (exact) mass is 242 g/mol. The molecule has 0 aromatic heterocycles. The SMILES string of the molecule is CNCCC(=O)N(CC(F)F)C1CC1.Cl. The van der Waals surface area contributed by atoms with E-state index < -0.39 is 13.0 Å². The van der Waals surface area contributed by atoms with Gasteiger partial charge in [-0.2, -0.15) is 0 Å². The average molecular weight is 243 g/mol. The van der Waals surface area contributed by atoms with E-state index in [1.165, 1.54) is 4.90 Å². The van der Waals surface area contributed by atoms with E-state index in [0.29, 0.717) is 13.0 Å². The molecule has 1 fully saturated rings. The zero-order chi connectivity index (χ0) is 10.6. The van der Waals surface area contributed by atoms with Gasteiger partial charge in [0, 0.05) is 19.0 Å². The van der Waals surface area contributed by atoms with Crippen LogP contribution in [0, 0.1) is 0 Å². The topological polar surface area (TPSA) is 32.3 Å². The number of hydrogen-bond acceptors (Lipinski definition) is 2. The fourth-order valence-electron chi connectivity index (χ4n) is 1.36. The Morgan fingerprint density at radius 3 is 2.53 bits per heavy atom. The first-order chi connectivity index (χ1) is 6.65. The molecule has 0 atom stereocenters. The Morgan fingerprint density at radius 2 is 2.13 bits per heavy atom. The minimum Gasteiger partial charge on any atom is -0.334 e. The average Bonchev–Trinajstić information content (AvgIpc) is 2.93. The number of halogens is 3. The molecule has 0 radical (unpaired) electrons. The summed E-state index contributed by atoms with van der Waals surface area (Å²) in [5.74, 6) is -0.165. The number of nitrogens with one attached hydrogen (secondary N) is 1. The molecule has 0 aromatic carbocycles. The van der Waals surface area contributed by atoms with Crippen LogP contribution >= 0.6 is 12.4 Å². The molecule has 15 heavy (non-hydrogen) atoms. The fourth-order valence-corrected chi connectivity index (χ4v) is 1.36. The predicted molar refractivity (Wildman–Crippen MR) is 56.5 cm³/mol. The van der Waals surface area contributed by atoms with Crippen LogP contribution < -0.4 is 5.32 Å². The van der Waals surface area contributed by atoms with Gasteiger partial charge in [0.2, 0.25) is 5.91 Å². The predicted octanol–water partition coefficient (Wildman–Crippen LogP) is 1.27. The second-order valence-electron chi connectivity index (χ2n) is 3.52. The number of rotatable bonds is 6. The summed E-state index contributed by atoms with van der Waals surface area (Å²) in [7, 11) is 1.74. The molecule has 0 aromatic rings. The molecule has 1 aliphatic rings. The van der Waals surface area contributed by atoms with Crippen LogP contribution in [0.1, 0.15) is 19.3 Å². The van der Waals surface area contributed by atoms with E-state index in [9.17, 15) is 13.6 Å². The highest BCUT2D eigenvalue weighted by molar-refractivity contribution is 5.85. The lowest BCUT2D eigenvalue weighted by Crippen LogP contribution is -2.38. The molecule has 0 unspecified atom stereocenters. The largest absolute Gasteiger partial charge is 0.334 e. The Morgan fingerprint density at radius 1 is 1.53 bits per heavy atom. The Balaban J connectivity index is 0.00000196. The number of alkyl halides is 2. The first kappa shape index (κ1) is 14.6. The lowest BCUT2D eigenvalue weighted by atomic mass is 10.3. The molecule has 6 heteroatoms. The van der Waals surface area contributed by atoms with Gasteiger partial charge in [-0.25, -0.2) is 8.78 Å². The van der Waals surface area contributed by atoms with Crippen molar-refractivity contribution in [3.63, 3.8) is 0 Å². The summed E-state index contributed by atoms with van der Waals surface area (Å²) in [5.41, 5.74) is 0. The van der Waals surface area contributed by atoms with Crippen LogP contribution in [0.2, 0.25) is 0 Å². The van der Waals surface area contributed by atoms with Gasteiger partial charge in [0.15, 0.2) is 0 Å². The third-order valence-electron chi connectivity index (χ3n) is 2.23.